The second kappa shape index (κ2) is 8.19. The number of amides is 1. The average molecular weight is 374 g/mol. The molecule has 1 aromatic heterocycles. The Hall–Kier alpha value is -2.60. The van der Waals surface area contributed by atoms with Gasteiger partial charge in [-0.05, 0) is 49.6 Å². The lowest BCUT2D eigenvalue weighted by Gasteiger charge is -2.27. The average Bonchev–Trinajstić information content (AvgIpc) is 2.69. The number of aromatic nitrogens is 1. The Morgan fingerprint density at radius 3 is 2.50 bits per heavy atom. The van der Waals surface area contributed by atoms with Crippen molar-refractivity contribution in [3.8, 4) is 0 Å². The predicted octanol–water partition coefficient (Wildman–Crippen LogP) is 3.76. The number of benzene rings is 1. The standard InChI is InChI=1S/C19H20ClN3O3/c1-26-19(25)13-5-7-15(20)16(11-13)22-18(24)14-6-8-17(21-12-14)23-9-3-2-4-10-23/h5-8,11-12H,2-4,9-10H2,1H3,(H,22,24). The highest BCUT2D eigenvalue weighted by Gasteiger charge is 2.15. The summed E-state index contributed by atoms with van der Waals surface area (Å²) in [7, 11) is 1.30. The molecule has 0 unspecified atom stereocenters. The Morgan fingerprint density at radius 1 is 1.12 bits per heavy atom. The molecule has 1 fully saturated rings. The van der Waals surface area contributed by atoms with E-state index in [9.17, 15) is 9.59 Å². The van der Waals surface area contributed by atoms with Crippen LogP contribution in [0.4, 0.5) is 11.5 Å². The summed E-state index contributed by atoms with van der Waals surface area (Å²) in [5.74, 6) is 0.0447. The fourth-order valence-electron chi connectivity index (χ4n) is 2.89. The molecule has 0 radical (unpaired) electrons. The summed E-state index contributed by atoms with van der Waals surface area (Å²) in [4.78, 5) is 30.7. The van der Waals surface area contributed by atoms with Gasteiger partial charge in [-0.25, -0.2) is 9.78 Å². The molecule has 1 saturated heterocycles. The van der Waals surface area contributed by atoms with Gasteiger partial charge in [0.25, 0.3) is 5.91 Å². The molecule has 2 aromatic rings. The zero-order valence-electron chi connectivity index (χ0n) is 14.5. The van der Waals surface area contributed by atoms with Crippen LogP contribution in [0.25, 0.3) is 0 Å². The molecule has 0 saturated carbocycles. The third-order valence-corrected chi connectivity index (χ3v) is 4.66. The normalized spacial score (nSPS) is 14.0. The van der Waals surface area contributed by atoms with Crippen LogP contribution in [-0.4, -0.2) is 37.1 Å². The van der Waals surface area contributed by atoms with Gasteiger partial charge in [0, 0.05) is 19.3 Å². The maximum Gasteiger partial charge on any atom is 0.337 e. The number of ether oxygens (including phenoxy) is 1. The molecule has 3 rings (SSSR count). The van der Waals surface area contributed by atoms with Crippen LogP contribution in [0.5, 0.6) is 0 Å². The number of hydrogen-bond acceptors (Lipinski definition) is 5. The molecular formula is C19H20ClN3O3. The summed E-state index contributed by atoms with van der Waals surface area (Å²) < 4.78 is 4.68. The summed E-state index contributed by atoms with van der Waals surface area (Å²) >= 11 is 6.11. The SMILES string of the molecule is COC(=O)c1ccc(Cl)c(NC(=O)c2ccc(N3CCCCC3)nc2)c1. The summed E-state index contributed by atoms with van der Waals surface area (Å²) in [6.45, 7) is 1.99. The molecule has 136 valence electrons. The van der Waals surface area contributed by atoms with Crippen LogP contribution in [0, 0.1) is 0 Å². The minimum atomic E-state index is -0.496. The third-order valence-electron chi connectivity index (χ3n) is 4.33. The van der Waals surface area contributed by atoms with Gasteiger partial charge in [0.05, 0.1) is 28.9 Å². The number of nitrogens with one attached hydrogen (secondary N) is 1. The Morgan fingerprint density at radius 2 is 1.85 bits per heavy atom. The monoisotopic (exact) mass is 373 g/mol. The van der Waals surface area contributed by atoms with E-state index in [0.29, 0.717) is 21.8 Å². The second-order valence-corrected chi connectivity index (χ2v) is 6.50. The molecular weight excluding hydrogens is 354 g/mol. The van der Waals surface area contributed by atoms with E-state index in [1.54, 1.807) is 24.4 Å². The first-order valence-corrected chi connectivity index (χ1v) is 8.86. The highest BCUT2D eigenvalue weighted by atomic mass is 35.5. The first kappa shape index (κ1) is 18.2. The Kier molecular flexibility index (Phi) is 5.73. The van der Waals surface area contributed by atoms with E-state index in [0.717, 1.165) is 18.9 Å². The first-order chi connectivity index (χ1) is 12.6. The lowest BCUT2D eigenvalue weighted by Crippen LogP contribution is -2.30. The molecule has 1 N–H and O–H groups in total. The van der Waals surface area contributed by atoms with E-state index in [1.807, 2.05) is 6.07 Å². The number of nitrogens with zero attached hydrogens (tertiary/aromatic N) is 2. The van der Waals surface area contributed by atoms with Crippen molar-refractivity contribution in [3.63, 3.8) is 0 Å². The Balaban J connectivity index is 1.72. The molecule has 1 aliphatic rings. The lowest BCUT2D eigenvalue weighted by molar-refractivity contribution is 0.0600. The van der Waals surface area contributed by atoms with Gasteiger partial charge < -0.3 is 15.0 Å². The van der Waals surface area contributed by atoms with Crippen LogP contribution in [0.2, 0.25) is 5.02 Å². The number of methoxy groups -OCH3 is 1. The molecule has 26 heavy (non-hydrogen) atoms. The number of esters is 1. The van der Waals surface area contributed by atoms with Gasteiger partial charge in [0.15, 0.2) is 0 Å². The minimum Gasteiger partial charge on any atom is -0.465 e. The number of halogens is 1. The zero-order valence-corrected chi connectivity index (χ0v) is 15.3. The molecule has 0 bridgehead atoms. The number of pyridine rings is 1. The fraction of sp³-hybridized carbons (Fsp3) is 0.316. The highest BCUT2D eigenvalue weighted by molar-refractivity contribution is 6.34. The third kappa shape index (κ3) is 4.14. The van der Waals surface area contributed by atoms with E-state index < -0.39 is 5.97 Å². The van der Waals surface area contributed by atoms with E-state index in [-0.39, 0.29) is 5.91 Å². The van der Waals surface area contributed by atoms with Crippen LogP contribution >= 0.6 is 11.6 Å². The summed E-state index contributed by atoms with van der Waals surface area (Å²) in [5.41, 5.74) is 1.08. The maximum atomic E-state index is 12.5. The van der Waals surface area contributed by atoms with Crippen LogP contribution in [0.15, 0.2) is 36.5 Å². The zero-order chi connectivity index (χ0) is 18.5. The van der Waals surface area contributed by atoms with Gasteiger partial charge in [-0.2, -0.15) is 0 Å². The van der Waals surface area contributed by atoms with Crippen LogP contribution in [0.1, 0.15) is 40.0 Å². The molecule has 6 nitrogen and oxygen atoms in total. The molecule has 0 aliphatic carbocycles. The summed E-state index contributed by atoms with van der Waals surface area (Å²) in [6, 6.07) is 8.17. The molecule has 0 spiro atoms. The fourth-order valence-corrected chi connectivity index (χ4v) is 3.06. The number of hydrogen-bond donors (Lipinski definition) is 1. The van der Waals surface area contributed by atoms with Crippen LogP contribution < -0.4 is 10.2 Å². The van der Waals surface area contributed by atoms with Gasteiger partial charge in [0.1, 0.15) is 5.82 Å². The van der Waals surface area contributed by atoms with Crippen LogP contribution in [-0.2, 0) is 4.74 Å². The first-order valence-electron chi connectivity index (χ1n) is 8.48. The van der Waals surface area contributed by atoms with E-state index in [4.69, 9.17) is 11.6 Å². The summed E-state index contributed by atoms with van der Waals surface area (Å²) in [5, 5.41) is 3.05. The number of carbonyl (C=O) groups excluding carboxylic acids is 2. The van der Waals surface area contributed by atoms with Crippen molar-refractivity contribution >= 4 is 35.0 Å². The Bertz CT molecular complexity index is 802. The van der Waals surface area contributed by atoms with Crippen molar-refractivity contribution in [3.05, 3.63) is 52.7 Å². The molecule has 2 heterocycles. The molecule has 7 heteroatoms. The van der Waals surface area contributed by atoms with Crippen molar-refractivity contribution in [2.24, 2.45) is 0 Å². The van der Waals surface area contributed by atoms with Crippen molar-refractivity contribution in [1.82, 2.24) is 4.98 Å². The van der Waals surface area contributed by atoms with Crippen molar-refractivity contribution in [2.75, 3.05) is 30.4 Å². The van der Waals surface area contributed by atoms with E-state index in [1.165, 1.54) is 32.4 Å². The second-order valence-electron chi connectivity index (χ2n) is 6.09. The summed E-state index contributed by atoms with van der Waals surface area (Å²) in [6.07, 6.45) is 5.14. The van der Waals surface area contributed by atoms with Gasteiger partial charge in [0.2, 0.25) is 0 Å². The smallest absolute Gasteiger partial charge is 0.337 e. The molecule has 1 aromatic carbocycles. The van der Waals surface area contributed by atoms with Gasteiger partial charge in [-0.15, -0.1) is 0 Å². The highest BCUT2D eigenvalue weighted by Crippen LogP contribution is 2.24. The molecule has 0 atom stereocenters. The molecule has 1 aliphatic heterocycles. The number of anilines is 2. The van der Waals surface area contributed by atoms with Crippen LogP contribution in [0.3, 0.4) is 0 Å². The Labute approximate surface area is 157 Å². The largest absolute Gasteiger partial charge is 0.465 e. The topological polar surface area (TPSA) is 71.5 Å². The van der Waals surface area contributed by atoms with Gasteiger partial charge in [-0.1, -0.05) is 11.6 Å². The lowest BCUT2D eigenvalue weighted by atomic mass is 10.1. The number of carbonyl (C=O) groups is 2. The van der Waals surface area contributed by atoms with Crippen molar-refractivity contribution in [1.29, 1.82) is 0 Å². The molecule has 1 amide bonds. The number of piperidine rings is 1. The predicted molar refractivity (Wildman–Crippen MR) is 101 cm³/mol. The van der Waals surface area contributed by atoms with Crippen molar-refractivity contribution in [2.45, 2.75) is 19.3 Å². The van der Waals surface area contributed by atoms with Crippen molar-refractivity contribution < 1.29 is 14.3 Å². The van der Waals surface area contributed by atoms with E-state index >= 15 is 0 Å². The quantitative estimate of drug-likeness (QED) is 0.826. The minimum absolute atomic E-state index is 0.311. The van der Waals surface area contributed by atoms with Gasteiger partial charge >= 0.3 is 5.97 Å². The number of rotatable bonds is 4. The van der Waals surface area contributed by atoms with Gasteiger partial charge in [-0.3, -0.25) is 4.79 Å². The maximum absolute atomic E-state index is 12.5. The van der Waals surface area contributed by atoms with E-state index in [2.05, 4.69) is 19.9 Å².